The SMILES string of the molecule is Cc1cc(N2CCN(C[C@H]3CN(c4ccc(C#N)c5ncccc45)C[C@@H](C)O3)[C@H](C)C2)cc(CO)n1. The number of pyridine rings is 2. The number of aromatic nitrogens is 2. The van der Waals surface area contributed by atoms with Crippen molar-refractivity contribution in [3.05, 3.63) is 59.5 Å². The lowest BCUT2D eigenvalue weighted by molar-refractivity contribution is -0.0382. The average Bonchev–Trinajstić information content (AvgIpc) is 2.88. The molecule has 1 aromatic carbocycles. The lowest BCUT2D eigenvalue weighted by atomic mass is 10.1. The molecule has 2 saturated heterocycles. The van der Waals surface area contributed by atoms with E-state index in [1.807, 2.05) is 25.1 Å². The first-order valence-corrected chi connectivity index (χ1v) is 12.7. The second kappa shape index (κ2) is 10.4. The van der Waals surface area contributed by atoms with Crippen molar-refractivity contribution in [3.8, 4) is 6.07 Å². The molecule has 8 nitrogen and oxygen atoms in total. The third-order valence-corrected chi connectivity index (χ3v) is 7.26. The van der Waals surface area contributed by atoms with E-state index in [-0.39, 0.29) is 18.8 Å². The van der Waals surface area contributed by atoms with Gasteiger partial charge in [0.2, 0.25) is 0 Å². The van der Waals surface area contributed by atoms with Gasteiger partial charge in [-0.05, 0) is 57.2 Å². The standard InChI is InChI=1S/C28H34N6O2/c1-19-11-24(12-23(18-35)31-19)33-10-9-32(20(2)14-33)16-25-17-34(15-21(3)36-25)27-7-6-22(13-29)28-26(27)5-4-8-30-28/h4-8,11-12,20-21,25,35H,9-10,14-18H2,1-3H3/t20-,21-,25+/m1/s1. The minimum Gasteiger partial charge on any atom is -0.390 e. The number of nitriles is 1. The lowest BCUT2D eigenvalue weighted by Gasteiger charge is -2.45. The normalized spacial score (nSPS) is 23.1. The molecule has 0 spiro atoms. The van der Waals surface area contributed by atoms with Crippen LogP contribution in [0.25, 0.3) is 10.9 Å². The molecule has 188 valence electrons. The van der Waals surface area contributed by atoms with Crippen LogP contribution in [0.5, 0.6) is 0 Å². The molecule has 1 N–H and O–H groups in total. The highest BCUT2D eigenvalue weighted by Gasteiger charge is 2.31. The predicted molar refractivity (Wildman–Crippen MR) is 141 cm³/mol. The summed E-state index contributed by atoms with van der Waals surface area (Å²) < 4.78 is 6.40. The zero-order chi connectivity index (χ0) is 25.2. The molecule has 3 aromatic rings. The third-order valence-electron chi connectivity index (χ3n) is 7.26. The van der Waals surface area contributed by atoms with Crippen molar-refractivity contribution in [1.29, 1.82) is 5.26 Å². The zero-order valence-corrected chi connectivity index (χ0v) is 21.3. The number of morpholine rings is 1. The number of aryl methyl sites for hydroxylation is 1. The Morgan fingerprint density at radius 1 is 1.11 bits per heavy atom. The molecule has 2 aliphatic heterocycles. The molecule has 2 fully saturated rings. The predicted octanol–water partition coefficient (Wildman–Crippen LogP) is 3.11. The molecule has 5 rings (SSSR count). The molecule has 36 heavy (non-hydrogen) atoms. The summed E-state index contributed by atoms with van der Waals surface area (Å²) in [4.78, 5) is 16.2. The molecule has 4 heterocycles. The number of benzene rings is 1. The van der Waals surface area contributed by atoms with Gasteiger partial charge >= 0.3 is 0 Å². The van der Waals surface area contributed by atoms with Crippen LogP contribution in [0.3, 0.4) is 0 Å². The largest absolute Gasteiger partial charge is 0.390 e. The van der Waals surface area contributed by atoms with E-state index < -0.39 is 0 Å². The van der Waals surface area contributed by atoms with Gasteiger partial charge in [-0.3, -0.25) is 14.9 Å². The molecule has 0 amide bonds. The molecule has 0 unspecified atom stereocenters. The van der Waals surface area contributed by atoms with E-state index in [9.17, 15) is 10.4 Å². The summed E-state index contributed by atoms with van der Waals surface area (Å²) in [7, 11) is 0. The van der Waals surface area contributed by atoms with Crippen molar-refractivity contribution >= 4 is 22.3 Å². The number of hydrogen-bond donors (Lipinski definition) is 1. The maximum Gasteiger partial charge on any atom is 0.101 e. The van der Waals surface area contributed by atoms with Gasteiger partial charge in [0.25, 0.3) is 0 Å². The maximum absolute atomic E-state index is 9.55. The molecule has 2 aromatic heterocycles. The Morgan fingerprint density at radius 3 is 2.75 bits per heavy atom. The number of ether oxygens (including phenoxy) is 1. The van der Waals surface area contributed by atoms with E-state index in [1.165, 1.54) is 0 Å². The van der Waals surface area contributed by atoms with Gasteiger partial charge in [-0.25, -0.2) is 0 Å². The molecule has 0 bridgehead atoms. The Labute approximate surface area is 212 Å². The van der Waals surface area contributed by atoms with Crippen molar-refractivity contribution in [2.45, 2.75) is 45.6 Å². The van der Waals surface area contributed by atoms with Crippen LogP contribution in [0.4, 0.5) is 11.4 Å². The minimum absolute atomic E-state index is 0.0392. The first-order chi connectivity index (χ1) is 17.4. The number of piperazine rings is 1. The molecule has 2 aliphatic rings. The molecular weight excluding hydrogens is 452 g/mol. The van der Waals surface area contributed by atoms with Gasteiger partial charge in [-0.1, -0.05) is 0 Å². The number of aliphatic hydroxyl groups excluding tert-OH is 1. The quantitative estimate of drug-likeness (QED) is 0.589. The Hall–Kier alpha value is -3.25. The van der Waals surface area contributed by atoms with Gasteiger partial charge in [0.1, 0.15) is 6.07 Å². The van der Waals surface area contributed by atoms with Crippen LogP contribution in [-0.2, 0) is 11.3 Å². The van der Waals surface area contributed by atoms with Gasteiger partial charge in [-0.2, -0.15) is 5.26 Å². The Balaban J connectivity index is 1.28. The highest BCUT2D eigenvalue weighted by molar-refractivity contribution is 5.95. The average molecular weight is 487 g/mol. The number of hydrogen-bond acceptors (Lipinski definition) is 8. The first kappa shape index (κ1) is 24.4. The zero-order valence-electron chi connectivity index (χ0n) is 21.3. The molecule has 0 saturated carbocycles. The van der Waals surface area contributed by atoms with Gasteiger partial charge in [-0.15, -0.1) is 0 Å². The van der Waals surface area contributed by atoms with Crippen LogP contribution in [0.1, 0.15) is 30.8 Å². The monoisotopic (exact) mass is 486 g/mol. The van der Waals surface area contributed by atoms with Gasteiger partial charge in [0.05, 0.1) is 35.6 Å². The van der Waals surface area contributed by atoms with Gasteiger partial charge in [0.15, 0.2) is 0 Å². The second-order valence-corrected chi connectivity index (χ2v) is 10.0. The highest BCUT2D eigenvalue weighted by Crippen LogP contribution is 2.31. The number of anilines is 2. The van der Waals surface area contributed by atoms with Crippen LogP contribution in [0, 0.1) is 18.3 Å². The van der Waals surface area contributed by atoms with E-state index in [0.717, 1.165) is 72.9 Å². The van der Waals surface area contributed by atoms with E-state index in [2.05, 4.69) is 62.8 Å². The maximum atomic E-state index is 9.55. The van der Waals surface area contributed by atoms with Crippen molar-refractivity contribution in [2.24, 2.45) is 0 Å². The smallest absolute Gasteiger partial charge is 0.101 e. The number of rotatable bonds is 5. The van der Waals surface area contributed by atoms with Crippen molar-refractivity contribution in [1.82, 2.24) is 14.9 Å². The van der Waals surface area contributed by atoms with E-state index >= 15 is 0 Å². The van der Waals surface area contributed by atoms with Crippen LogP contribution in [-0.4, -0.2) is 77.5 Å². The second-order valence-electron chi connectivity index (χ2n) is 10.0. The fourth-order valence-corrected chi connectivity index (χ4v) is 5.61. The minimum atomic E-state index is -0.0392. The fraction of sp³-hybridized carbons (Fsp3) is 0.464. The summed E-state index contributed by atoms with van der Waals surface area (Å²) in [5.74, 6) is 0. The topological polar surface area (TPSA) is 88.8 Å². The first-order valence-electron chi connectivity index (χ1n) is 12.7. The number of aliphatic hydroxyl groups is 1. The molecule has 3 atom stereocenters. The van der Waals surface area contributed by atoms with Gasteiger partial charge in [0, 0.05) is 74.0 Å². The van der Waals surface area contributed by atoms with Crippen LogP contribution in [0.2, 0.25) is 0 Å². The summed E-state index contributed by atoms with van der Waals surface area (Å²) in [5, 5.41) is 20.1. The Bertz CT molecular complexity index is 1270. The summed E-state index contributed by atoms with van der Waals surface area (Å²) in [6, 6.07) is 14.7. The Kier molecular flexibility index (Phi) is 7.06. The third kappa shape index (κ3) is 5.00. The highest BCUT2D eigenvalue weighted by atomic mass is 16.5. The van der Waals surface area contributed by atoms with E-state index in [0.29, 0.717) is 11.6 Å². The number of fused-ring (bicyclic) bond motifs is 1. The summed E-state index contributed by atoms with van der Waals surface area (Å²) in [6.07, 6.45) is 1.95. The molecular formula is C28H34N6O2. The van der Waals surface area contributed by atoms with E-state index in [1.54, 1.807) is 6.20 Å². The number of nitrogens with zero attached hydrogens (tertiary/aromatic N) is 6. The van der Waals surface area contributed by atoms with Crippen molar-refractivity contribution in [3.63, 3.8) is 0 Å². The van der Waals surface area contributed by atoms with Crippen molar-refractivity contribution < 1.29 is 9.84 Å². The van der Waals surface area contributed by atoms with Crippen LogP contribution in [0.15, 0.2) is 42.6 Å². The van der Waals surface area contributed by atoms with Crippen molar-refractivity contribution in [2.75, 3.05) is 49.1 Å². The molecule has 0 aliphatic carbocycles. The van der Waals surface area contributed by atoms with E-state index in [4.69, 9.17) is 4.74 Å². The van der Waals surface area contributed by atoms with Gasteiger partial charge < -0.3 is 19.6 Å². The Morgan fingerprint density at radius 2 is 1.97 bits per heavy atom. The summed E-state index contributed by atoms with van der Waals surface area (Å²) >= 11 is 0. The molecule has 0 radical (unpaired) electrons. The molecule has 8 heteroatoms. The summed E-state index contributed by atoms with van der Waals surface area (Å²) in [6.45, 7) is 11.6. The lowest BCUT2D eigenvalue weighted by Crippen LogP contribution is -2.57. The summed E-state index contributed by atoms with van der Waals surface area (Å²) in [5.41, 5.74) is 5.26. The van der Waals surface area contributed by atoms with Crippen LogP contribution >= 0.6 is 0 Å². The van der Waals surface area contributed by atoms with Crippen LogP contribution < -0.4 is 9.80 Å². The fourth-order valence-electron chi connectivity index (χ4n) is 5.61.